The fourth-order valence-corrected chi connectivity index (χ4v) is 2.92. The lowest BCUT2D eigenvalue weighted by Gasteiger charge is -2.19. The molecule has 1 aromatic carbocycles. The number of hydrogen-bond acceptors (Lipinski definition) is 4. The topological polar surface area (TPSA) is 46.6 Å². The highest BCUT2D eigenvalue weighted by atomic mass is 32.2. The molecule has 4 nitrogen and oxygen atoms in total. The third-order valence-corrected chi connectivity index (χ3v) is 4.23. The van der Waals surface area contributed by atoms with Crippen LogP contribution in [0.2, 0.25) is 0 Å². The molecule has 5 heteroatoms. The zero-order chi connectivity index (χ0) is 12.5. The van der Waals surface area contributed by atoms with E-state index in [1.54, 1.807) is 29.3 Å². The Balaban J connectivity index is 2.16. The highest BCUT2D eigenvalue weighted by Gasteiger charge is 2.27. The molecule has 0 N–H and O–H groups in total. The van der Waals surface area contributed by atoms with E-state index < -0.39 is 10.1 Å². The number of nitrogens with zero attached hydrogens (tertiary/aromatic N) is 1. The molecule has 1 saturated heterocycles. The molecule has 94 valence electrons. The molecular formula is C12H17NO3S. The minimum absolute atomic E-state index is 0.162. The van der Waals surface area contributed by atoms with Crippen LogP contribution in [0.15, 0.2) is 29.2 Å². The van der Waals surface area contributed by atoms with Crippen molar-refractivity contribution in [1.29, 1.82) is 0 Å². The van der Waals surface area contributed by atoms with Gasteiger partial charge in [-0.25, -0.2) is 0 Å². The van der Waals surface area contributed by atoms with Crippen molar-refractivity contribution in [3.05, 3.63) is 29.8 Å². The first kappa shape index (κ1) is 12.5. The van der Waals surface area contributed by atoms with E-state index in [1.165, 1.54) is 0 Å². The normalized spacial score (nSPS) is 21.9. The SMILES string of the molecule is Cc1ccc(S(=O)(=O)ON2CCCC2C)cc1. The summed E-state index contributed by atoms with van der Waals surface area (Å²) in [5, 5.41) is 1.55. The van der Waals surface area contributed by atoms with Crippen molar-refractivity contribution >= 4 is 10.1 Å². The van der Waals surface area contributed by atoms with E-state index in [2.05, 4.69) is 0 Å². The van der Waals surface area contributed by atoms with Crippen LogP contribution in [-0.2, 0) is 14.4 Å². The molecule has 1 unspecified atom stereocenters. The molecule has 17 heavy (non-hydrogen) atoms. The zero-order valence-electron chi connectivity index (χ0n) is 10.1. The maximum Gasteiger partial charge on any atom is 0.313 e. The molecular weight excluding hydrogens is 238 g/mol. The first-order valence-electron chi connectivity index (χ1n) is 5.77. The third kappa shape index (κ3) is 2.86. The van der Waals surface area contributed by atoms with Crippen molar-refractivity contribution in [2.75, 3.05) is 6.54 Å². The van der Waals surface area contributed by atoms with Crippen LogP contribution in [0.1, 0.15) is 25.3 Å². The van der Waals surface area contributed by atoms with Gasteiger partial charge in [-0.3, -0.25) is 0 Å². The predicted octanol–water partition coefficient (Wildman–Crippen LogP) is 2.10. The van der Waals surface area contributed by atoms with E-state index in [9.17, 15) is 8.42 Å². The van der Waals surface area contributed by atoms with Gasteiger partial charge in [-0.1, -0.05) is 17.7 Å². The van der Waals surface area contributed by atoms with Crippen LogP contribution in [0.3, 0.4) is 0 Å². The summed E-state index contributed by atoms with van der Waals surface area (Å²) in [7, 11) is -3.67. The molecule has 1 atom stereocenters. The number of aryl methyl sites for hydroxylation is 1. The first-order chi connectivity index (χ1) is 7.99. The van der Waals surface area contributed by atoms with Crippen molar-refractivity contribution < 1.29 is 12.7 Å². The largest absolute Gasteiger partial charge is 0.313 e. The van der Waals surface area contributed by atoms with E-state index >= 15 is 0 Å². The second kappa shape index (κ2) is 4.76. The van der Waals surface area contributed by atoms with Crippen molar-refractivity contribution in [3.63, 3.8) is 0 Å². The van der Waals surface area contributed by atoms with E-state index in [0.717, 1.165) is 18.4 Å². The fourth-order valence-electron chi connectivity index (χ4n) is 1.89. The maximum absolute atomic E-state index is 12.0. The molecule has 0 aromatic heterocycles. The Bertz CT molecular complexity index is 481. The van der Waals surface area contributed by atoms with Gasteiger partial charge in [-0.05, 0) is 38.8 Å². The molecule has 0 saturated carbocycles. The van der Waals surface area contributed by atoms with Crippen molar-refractivity contribution in [1.82, 2.24) is 5.06 Å². The number of benzene rings is 1. The Morgan fingerprint density at radius 2 is 1.94 bits per heavy atom. The highest BCUT2D eigenvalue weighted by molar-refractivity contribution is 7.86. The Morgan fingerprint density at radius 3 is 2.47 bits per heavy atom. The van der Waals surface area contributed by atoms with Crippen LogP contribution in [0.25, 0.3) is 0 Å². The molecule has 1 aliphatic rings. The van der Waals surface area contributed by atoms with E-state index in [-0.39, 0.29) is 10.9 Å². The summed E-state index contributed by atoms with van der Waals surface area (Å²) in [5.41, 5.74) is 1.03. The molecule has 1 heterocycles. The van der Waals surface area contributed by atoms with Gasteiger partial charge in [0.15, 0.2) is 0 Å². The van der Waals surface area contributed by atoms with Crippen molar-refractivity contribution in [2.45, 2.75) is 37.6 Å². The average molecular weight is 255 g/mol. The summed E-state index contributed by atoms with van der Waals surface area (Å²) in [6.07, 6.45) is 1.95. The lowest BCUT2D eigenvalue weighted by Crippen LogP contribution is -2.30. The first-order valence-corrected chi connectivity index (χ1v) is 7.18. The van der Waals surface area contributed by atoms with Gasteiger partial charge in [0.05, 0.1) is 4.90 Å². The highest BCUT2D eigenvalue weighted by Crippen LogP contribution is 2.21. The molecule has 1 aromatic rings. The number of hydrogen-bond donors (Lipinski definition) is 0. The van der Waals surface area contributed by atoms with Crippen molar-refractivity contribution in [2.24, 2.45) is 0 Å². The Labute approximate surface area is 102 Å². The summed E-state index contributed by atoms with van der Waals surface area (Å²) in [6.45, 7) is 4.56. The summed E-state index contributed by atoms with van der Waals surface area (Å²) < 4.78 is 29.1. The molecule has 2 rings (SSSR count). The maximum atomic E-state index is 12.0. The van der Waals surface area contributed by atoms with Crippen LogP contribution in [0.4, 0.5) is 0 Å². The van der Waals surface area contributed by atoms with Crippen LogP contribution >= 0.6 is 0 Å². The number of rotatable bonds is 3. The van der Waals surface area contributed by atoms with E-state index in [1.807, 2.05) is 13.8 Å². The zero-order valence-corrected chi connectivity index (χ0v) is 10.9. The second-order valence-corrected chi connectivity index (χ2v) is 6.00. The van der Waals surface area contributed by atoms with Crippen molar-refractivity contribution in [3.8, 4) is 0 Å². The van der Waals surface area contributed by atoms with E-state index in [4.69, 9.17) is 4.28 Å². The molecule has 0 bridgehead atoms. The third-order valence-electron chi connectivity index (χ3n) is 3.00. The molecule has 1 aliphatic heterocycles. The number of hydroxylamine groups is 2. The second-order valence-electron chi connectivity index (χ2n) is 4.47. The Hall–Kier alpha value is -0.910. The van der Waals surface area contributed by atoms with Gasteiger partial charge in [0, 0.05) is 12.6 Å². The van der Waals surface area contributed by atoms with Gasteiger partial charge in [0.2, 0.25) is 0 Å². The van der Waals surface area contributed by atoms with Gasteiger partial charge >= 0.3 is 10.1 Å². The molecule has 0 aliphatic carbocycles. The Morgan fingerprint density at radius 1 is 1.29 bits per heavy atom. The minimum Gasteiger partial charge on any atom is -0.192 e. The average Bonchev–Trinajstić information content (AvgIpc) is 2.64. The monoisotopic (exact) mass is 255 g/mol. The van der Waals surface area contributed by atoms with Gasteiger partial charge in [0.1, 0.15) is 0 Å². The van der Waals surface area contributed by atoms with E-state index in [0.29, 0.717) is 6.54 Å². The van der Waals surface area contributed by atoms with Crippen LogP contribution in [0, 0.1) is 6.92 Å². The minimum atomic E-state index is -3.67. The van der Waals surface area contributed by atoms with Crippen LogP contribution in [-0.4, -0.2) is 26.1 Å². The van der Waals surface area contributed by atoms with Gasteiger partial charge < -0.3 is 0 Å². The predicted molar refractivity (Wildman–Crippen MR) is 64.9 cm³/mol. The van der Waals surface area contributed by atoms with Gasteiger partial charge in [-0.2, -0.15) is 17.8 Å². The molecule has 0 spiro atoms. The lowest BCUT2D eigenvalue weighted by atomic mass is 10.2. The van der Waals surface area contributed by atoms with Crippen LogP contribution < -0.4 is 0 Å². The fraction of sp³-hybridized carbons (Fsp3) is 0.500. The van der Waals surface area contributed by atoms with Gasteiger partial charge in [0.25, 0.3) is 0 Å². The Kier molecular flexibility index (Phi) is 3.51. The molecule has 0 amide bonds. The lowest BCUT2D eigenvalue weighted by molar-refractivity contribution is -0.0579. The molecule has 1 fully saturated rings. The van der Waals surface area contributed by atoms with Gasteiger partial charge in [-0.15, -0.1) is 0 Å². The standard InChI is InChI=1S/C12H17NO3S/c1-10-5-7-12(8-6-10)17(14,15)16-13-9-3-4-11(13)2/h5-8,11H,3-4,9H2,1-2H3. The smallest absolute Gasteiger partial charge is 0.192 e. The quantitative estimate of drug-likeness (QED) is 0.830. The summed E-state index contributed by atoms with van der Waals surface area (Å²) >= 11 is 0. The molecule has 0 radical (unpaired) electrons. The summed E-state index contributed by atoms with van der Waals surface area (Å²) in [5.74, 6) is 0. The summed E-state index contributed by atoms with van der Waals surface area (Å²) in [6, 6.07) is 6.85. The summed E-state index contributed by atoms with van der Waals surface area (Å²) in [4.78, 5) is 0.210. The van der Waals surface area contributed by atoms with Crippen LogP contribution in [0.5, 0.6) is 0 Å².